The number of benzene rings is 2. The quantitative estimate of drug-likeness (QED) is 0.116. The normalized spacial score (nSPS) is 12.2. The molecule has 0 bridgehead atoms. The lowest BCUT2D eigenvalue weighted by molar-refractivity contribution is -0.757. The molecule has 0 aliphatic rings. The fourth-order valence-electron chi connectivity index (χ4n) is 4.33. The number of rotatable bonds is 11. The van der Waals surface area contributed by atoms with Crippen molar-refractivity contribution in [3.63, 3.8) is 0 Å². The number of carbonyl (C=O) groups is 1. The molecule has 0 fully saturated rings. The van der Waals surface area contributed by atoms with Crippen molar-refractivity contribution in [2.24, 2.45) is 5.41 Å². The van der Waals surface area contributed by atoms with Crippen LogP contribution in [0.3, 0.4) is 0 Å². The maximum atomic E-state index is 13.2. The first-order valence-electron chi connectivity index (χ1n) is 12.8. The Balaban J connectivity index is 2.12. The molecule has 1 amide bonds. The third-order valence-electron chi connectivity index (χ3n) is 6.28. The predicted molar refractivity (Wildman–Crippen MR) is 156 cm³/mol. The van der Waals surface area contributed by atoms with Crippen molar-refractivity contribution < 1.29 is 14.7 Å². The Morgan fingerprint density at radius 3 is 2.37 bits per heavy atom. The van der Waals surface area contributed by atoms with E-state index in [1.165, 1.54) is 15.8 Å². The van der Waals surface area contributed by atoms with Crippen LogP contribution in [-0.2, 0) is 22.6 Å². The van der Waals surface area contributed by atoms with E-state index in [9.17, 15) is 14.9 Å². The highest BCUT2D eigenvalue weighted by Gasteiger charge is 2.33. The molecule has 0 saturated carbocycles. The summed E-state index contributed by atoms with van der Waals surface area (Å²) in [6.45, 7) is 15.3. The minimum Gasteiger partial charge on any atom is -0.354 e. The van der Waals surface area contributed by atoms with Crippen LogP contribution in [0, 0.1) is 15.5 Å². The van der Waals surface area contributed by atoms with Gasteiger partial charge in [0, 0.05) is 56.2 Å². The highest BCUT2D eigenvalue weighted by molar-refractivity contribution is 8.00. The number of hydrogen-bond acceptors (Lipinski definition) is 5. The summed E-state index contributed by atoms with van der Waals surface area (Å²) in [7, 11) is 0. The van der Waals surface area contributed by atoms with Crippen molar-refractivity contribution >= 4 is 40.2 Å². The van der Waals surface area contributed by atoms with E-state index in [2.05, 4.69) is 67.5 Å². The Kier molecular flexibility index (Phi) is 9.42. The zero-order chi connectivity index (χ0) is 28.3. The van der Waals surface area contributed by atoms with Crippen molar-refractivity contribution in [1.82, 2.24) is 9.88 Å². The molecule has 206 valence electrons. The highest BCUT2D eigenvalue weighted by atomic mass is 35.5. The molecule has 7 nitrogen and oxygen atoms in total. The number of halogens is 1. The Hall–Kier alpha value is -2.71. The van der Waals surface area contributed by atoms with E-state index in [0.717, 1.165) is 16.8 Å². The van der Waals surface area contributed by atoms with E-state index in [1.807, 2.05) is 49.9 Å². The molecule has 0 unspecified atom stereocenters. The molecular formula is C29H38ClN3O4S. The molecular weight excluding hydrogens is 522 g/mol. The molecule has 0 atom stereocenters. The van der Waals surface area contributed by atoms with E-state index in [0.29, 0.717) is 23.9 Å². The van der Waals surface area contributed by atoms with Crippen LogP contribution < -0.4 is 5.32 Å². The SMILES string of the molecule is CC(C)c1ccc2c(c1)c(SC(C)(C)C)c(CC(C)(C)C(=O)NCCO[N+](=O)[O-])n2Cc1ccc(Cl)cc1. The molecule has 1 heterocycles. The van der Waals surface area contributed by atoms with Crippen molar-refractivity contribution in [3.05, 3.63) is 74.4 Å². The average Bonchev–Trinajstić information content (AvgIpc) is 3.07. The van der Waals surface area contributed by atoms with Crippen molar-refractivity contribution in [3.8, 4) is 0 Å². The zero-order valence-electron chi connectivity index (χ0n) is 23.3. The first kappa shape index (κ1) is 29.8. The van der Waals surface area contributed by atoms with Gasteiger partial charge in [-0.1, -0.05) is 78.3 Å². The van der Waals surface area contributed by atoms with Gasteiger partial charge in [0.1, 0.15) is 6.61 Å². The van der Waals surface area contributed by atoms with Crippen molar-refractivity contribution in [1.29, 1.82) is 0 Å². The molecule has 0 aliphatic heterocycles. The predicted octanol–water partition coefficient (Wildman–Crippen LogP) is 7.25. The molecule has 0 radical (unpaired) electrons. The smallest absolute Gasteiger partial charge is 0.294 e. The minimum absolute atomic E-state index is 0.0474. The van der Waals surface area contributed by atoms with E-state index in [1.54, 1.807) is 0 Å². The van der Waals surface area contributed by atoms with Crippen LogP contribution in [0.2, 0.25) is 5.02 Å². The molecule has 9 heteroatoms. The summed E-state index contributed by atoms with van der Waals surface area (Å²) in [5.41, 5.74) is 3.84. The second-order valence-corrected chi connectivity index (χ2v) is 13.8. The third kappa shape index (κ3) is 7.67. The summed E-state index contributed by atoms with van der Waals surface area (Å²) in [5.74, 6) is 0.209. The molecule has 1 N–H and O–H groups in total. The monoisotopic (exact) mass is 559 g/mol. The van der Waals surface area contributed by atoms with E-state index in [4.69, 9.17) is 11.6 Å². The van der Waals surface area contributed by atoms with Gasteiger partial charge in [-0.25, -0.2) is 0 Å². The summed E-state index contributed by atoms with van der Waals surface area (Å²) >= 11 is 7.97. The second kappa shape index (κ2) is 12.0. The second-order valence-electron chi connectivity index (χ2n) is 11.5. The Bertz CT molecular complexity index is 1290. The summed E-state index contributed by atoms with van der Waals surface area (Å²) in [6.07, 6.45) is 0.493. The standard InChI is InChI=1S/C29H38ClN3O4S/c1-19(2)21-10-13-24-23(16-21)26(38-28(3,4)5)25(32(24)18-20-8-11-22(30)12-9-20)17-29(6,7)27(34)31-14-15-37-33(35)36/h8-13,16,19H,14-15,17-18H2,1-7H3,(H,31,34). The number of nitrogens with zero attached hydrogens (tertiary/aromatic N) is 2. The van der Waals surface area contributed by atoms with Gasteiger partial charge in [-0.05, 0) is 41.3 Å². The highest BCUT2D eigenvalue weighted by Crippen LogP contribution is 2.44. The van der Waals surface area contributed by atoms with Crippen LogP contribution >= 0.6 is 23.4 Å². The number of fused-ring (bicyclic) bond motifs is 1. The van der Waals surface area contributed by atoms with Crippen molar-refractivity contribution in [2.75, 3.05) is 13.2 Å². The number of amides is 1. The molecule has 0 saturated heterocycles. The largest absolute Gasteiger partial charge is 0.354 e. The van der Waals surface area contributed by atoms with Crippen molar-refractivity contribution in [2.45, 2.75) is 77.0 Å². The Morgan fingerprint density at radius 2 is 1.79 bits per heavy atom. The minimum atomic E-state index is -0.853. The third-order valence-corrected chi connectivity index (χ3v) is 7.81. The van der Waals surface area contributed by atoms with Crippen LogP contribution in [0.15, 0.2) is 47.4 Å². The lowest BCUT2D eigenvalue weighted by atomic mass is 9.86. The van der Waals surface area contributed by atoms with Gasteiger partial charge in [0.05, 0.1) is 0 Å². The summed E-state index contributed by atoms with van der Waals surface area (Å²) in [5, 5.41) is 14.3. The van der Waals surface area contributed by atoms with Gasteiger partial charge in [0.2, 0.25) is 5.91 Å². The number of nitrogens with one attached hydrogen (secondary N) is 1. The van der Waals surface area contributed by atoms with Gasteiger partial charge in [-0.3, -0.25) is 4.79 Å². The lowest BCUT2D eigenvalue weighted by Gasteiger charge is -2.26. The molecule has 38 heavy (non-hydrogen) atoms. The van der Waals surface area contributed by atoms with Crippen LogP contribution in [0.5, 0.6) is 0 Å². The van der Waals surface area contributed by atoms with Gasteiger partial charge in [-0.2, -0.15) is 0 Å². The molecule has 2 aromatic carbocycles. The number of thioether (sulfide) groups is 1. The molecule has 0 spiro atoms. The summed E-state index contributed by atoms with van der Waals surface area (Å²) in [6, 6.07) is 14.5. The zero-order valence-corrected chi connectivity index (χ0v) is 24.8. The van der Waals surface area contributed by atoms with Gasteiger partial charge in [-0.15, -0.1) is 21.9 Å². The fraction of sp³-hybridized carbons (Fsp3) is 0.483. The molecule has 3 aromatic rings. The topological polar surface area (TPSA) is 86.4 Å². The number of hydrogen-bond donors (Lipinski definition) is 1. The Labute approximate surface area is 234 Å². The maximum absolute atomic E-state index is 13.2. The van der Waals surface area contributed by atoms with Crippen LogP contribution in [0.1, 0.15) is 71.2 Å². The van der Waals surface area contributed by atoms with Crippen LogP contribution in [0.25, 0.3) is 10.9 Å². The summed E-state index contributed by atoms with van der Waals surface area (Å²) < 4.78 is 2.27. The van der Waals surface area contributed by atoms with Gasteiger partial charge >= 0.3 is 0 Å². The van der Waals surface area contributed by atoms with Crippen LogP contribution in [0.4, 0.5) is 0 Å². The van der Waals surface area contributed by atoms with E-state index < -0.39 is 10.5 Å². The fourth-order valence-corrected chi connectivity index (χ4v) is 5.64. The van der Waals surface area contributed by atoms with E-state index in [-0.39, 0.29) is 23.8 Å². The molecule has 3 rings (SSSR count). The molecule has 1 aromatic heterocycles. The average molecular weight is 560 g/mol. The number of aromatic nitrogens is 1. The van der Waals surface area contributed by atoms with Gasteiger partial charge in [0.15, 0.2) is 0 Å². The number of carbonyl (C=O) groups excluding carboxylic acids is 1. The summed E-state index contributed by atoms with van der Waals surface area (Å²) in [4.78, 5) is 29.2. The Morgan fingerprint density at radius 1 is 1.13 bits per heavy atom. The van der Waals surface area contributed by atoms with Gasteiger partial charge < -0.3 is 14.7 Å². The molecule has 0 aliphatic carbocycles. The first-order valence-corrected chi connectivity index (χ1v) is 14.0. The first-order chi connectivity index (χ1) is 17.7. The van der Waals surface area contributed by atoms with Crippen LogP contribution in [-0.4, -0.2) is 33.5 Å². The lowest BCUT2D eigenvalue weighted by Crippen LogP contribution is -2.40. The van der Waals surface area contributed by atoms with E-state index >= 15 is 0 Å². The van der Waals surface area contributed by atoms with Gasteiger partial charge in [0.25, 0.3) is 5.09 Å². The maximum Gasteiger partial charge on any atom is 0.294 e.